The van der Waals surface area contributed by atoms with E-state index < -0.39 is 33.5 Å². The van der Waals surface area contributed by atoms with E-state index >= 15 is 0 Å². The Morgan fingerprint density at radius 3 is 2.20 bits per heavy atom. The van der Waals surface area contributed by atoms with Crippen molar-refractivity contribution in [2.45, 2.75) is 31.1 Å². The lowest BCUT2D eigenvalue weighted by Gasteiger charge is -2.29. The summed E-state index contributed by atoms with van der Waals surface area (Å²) in [5, 5.41) is 3.44. The molecule has 3 heterocycles. The average molecular weight is 596 g/mol. The van der Waals surface area contributed by atoms with Gasteiger partial charge >= 0.3 is 12.4 Å². The van der Waals surface area contributed by atoms with Gasteiger partial charge in [0.05, 0.1) is 28.6 Å². The maximum absolute atomic E-state index is 13.7. The van der Waals surface area contributed by atoms with E-state index in [2.05, 4.69) is 20.3 Å². The summed E-state index contributed by atoms with van der Waals surface area (Å²) in [4.78, 5) is 13.2. The number of nitrogens with zero attached hydrogens (tertiary/aromatic N) is 4. The minimum atomic E-state index is -4.64. The Kier molecular flexibility index (Phi) is 7.40. The predicted molar refractivity (Wildman–Crippen MR) is 141 cm³/mol. The molecule has 1 aliphatic rings. The SMILES string of the molecule is CS(=O)(=O)N1CCC(c2nc(Nc3ccc(C(F)(F)F)cc3)c3ccc(-c4ncccc4C(F)(F)F)cc3n2)CC1. The van der Waals surface area contributed by atoms with Gasteiger partial charge < -0.3 is 5.32 Å². The first-order valence-corrected chi connectivity index (χ1v) is 14.3. The number of nitrogens with one attached hydrogen (secondary N) is 1. The molecule has 4 aromatic rings. The molecule has 0 bridgehead atoms. The molecular formula is C27H23F6N5O2S. The molecule has 0 saturated carbocycles. The van der Waals surface area contributed by atoms with Crippen molar-refractivity contribution < 1.29 is 34.8 Å². The number of benzene rings is 2. The Labute approximate surface area is 231 Å². The molecule has 1 fully saturated rings. The van der Waals surface area contributed by atoms with Crippen molar-refractivity contribution in [3.8, 4) is 11.3 Å². The van der Waals surface area contributed by atoms with Gasteiger partial charge in [-0.15, -0.1) is 0 Å². The Morgan fingerprint density at radius 1 is 0.902 bits per heavy atom. The van der Waals surface area contributed by atoms with Crippen LogP contribution >= 0.6 is 0 Å². The first kappa shape index (κ1) is 28.7. The number of alkyl halides is 6. The largest absolute Gasteiger partial charge is 0.418 e. The van der Waals surface area contributed by atoms with E-state index in [0.29, 0.717) is 35.3 Å². The zero-order valence-corrected chi connectivity index (χ0v) is 22.3. The number of sulfonamides is 1. The Morgan fingerprint density at radius 2 is 1.59 bits per heavy atom. The molecule has 7 nitrogen and oxygen atoms in total. The van der Waals surface area contributed by atoms with Crippen LogP contribution in [0.3, 0.4) is 0 Å². The lowest BCUT2D eigenvalue weighted by Crippen LogP contribution is -2.37. The monoisotopic (exact) mass is 595 g/mol. The lowest BCUT2D eigenvalue weighted by atomic mass is 9.96. The molecule has 0 aliphatic carbocycles. The van der Waals surface area contributed by atoms with Gasteiger partial charge in [0.15, 0.2) is 0 Å². The summed E-state index contributed by atoms with van der Waals surface area (Å²) in [6, 6.07) is 10.9. The fourth-order valence-corrected chi connectivity index (χ4v) is 5.64. The van der Waals surface area contributed by atoms with Crippen LogP contribution in [-0.2, 0) is 22.4 Å². The molecule has 14 heteroatoms. The smallest absolute Gasteiger partial charge is 0.340 e. The van der Waals surface area contributed by atoms with Crippen molar-refractivity contribution >= 4 is 32.4 Å². The summed E-state index contributed by atoms with van der Waals surface area (Å²) in [7, 11) is -3.38. The van der Waals surface area contributed by atoms with Gasteiger partial charge in [0, 0.05) is 41.8 Å². The van der Waals surface area contributed by atoms with Crippen LogP contribution in [0.15, 0.2) is 60.8 Å². The Hall–Kier alpha value is -3.78. The van der Waals surface area contributed by atoms with Gasteiger partial charge in [-0.05, 0) is 61.4 Å². The molecule has 1 saturated heterocycles. The highest BCUT2D eigenvalue weighted by Crippen LogP contribution is 2.38. The maximum Gasteiger partial charge on any atom is 0.418 e. The van der Waals surface area contributed by atoms with Crippen molar-refractivity contribution in [2.75, 3.05) is 24.7 Å². The third-order valence-electron chi connectivity index (χ3n) is 6.86. The second-order valence-electron chi connectivity index (χ2n) is 9.70. The molecule has 0 radical (unpaired) electrons. The van der Waals surface area contributed by atoms with Crippen LogP contribution in [0, 0.1) is 0 Å². The summed E-state index contributed by atoms with van der Waals surface area (Å²) in [5.41, 5.74) is -1.24. The molecule has 0 amide bonds. The first-order chi connectivity index (χ1) is 19.2. The number of pyridine rings is 1. The minimum absolute atomic E-state index is 0.169. The number of aromatic nitrogens is 3. The zero-order chi connectivity index (χ0) is 29.6. The fourth-order valence-electron chi connectivity index (χ4n) is 4.76. The number of hydrogen-bond acceptors (Lipinski definition) is 6. The van der Waals surface area contributed by atoms with Crippen molar-refractivity contribution in [3.05, 3.63) is 77.7 Å². The van der Waals surface area contributed by atoms with E-state index in [0.717, 1.165) is 24.5 Å². The Balaban J connectivity index is 1.58. The third kappa shape index (κ3) is 6.27. The molecule has 1 aliphatic heterocycles. The van der Waals surface area contributed by atoms with Crippen LogP contribution in [-0.4, -0.2) is 47.0 Å². The molecule has 0 atom stereocenters. The summed E-state index contributed by atoms with van der Waals surface area (Å²) in [6.45, 7) is 0.491. The van der Waals surface area contributed by atoms with Crippen LogP contribution in [0.1, 0.15) is 35.7 Å². The molecule has 2 aromatic carbocycles. The minimum Gasteiger partial charge on any atom is -0.340 e. The van der Waals surface area contributed by atoms with Crippen LogP contribution < -0.4 is 5.32 Å². The van der Waals surface area contributed by atoms with Crippen LogP contribution in [0.4, 0.5) is 37.8 Å². The Bertz CT molecular complexity index is 1680. The van der Waals surface area contributed by atoms with Crippen LogP contribution in [0.2, 0.25) is 0 Å². The quantitative estimate of drug-likeness (QED) is 0.261. The number of anilines is 2. The van der Waals surface area contributed by atoms with Crippen LogP contribution in [0.5, 0.6) is 0 Å². The van der Waals surface area contributed by atoms with E-state index in [-0.39, 0.29) is 36.1 Å². The topological polar surface area (TPSA) is 88.1 Å². The summed E-state index contributed by atoms with van der Waals surface area (Å²) >= 11 is 0. The number of rotatable bonds is 5. The number of halogens is 6. The van der Waals surface area contributed by atoms with Gasteiger partial charge in [0.1, 0.15) is 11.6 Å². The first-order valence-electron chi connectivity index (χ1n) is 12.4. The third-order valence-corrected chi connectivity index (χ3v) is 8.17. The number of piperidine rings is 1. The molecule has 2 aromatic heterocycles. The summed E-state index contributed by atoms with van der Waals surface area (Å²) in [6.07, 6.45) is -5.94. The molecule has 216 valence electrons. The summed E-state index contributed by atoms with van der Waals surface area (Å²) in [5.74, 6) is 0.336. The molecular weight excluding hydrogens is 572 g/mol. The lowest BCUT2D eigenvalue weighted by molar-refractivity contribution is -0.138. The second kappa shape index (κ2) is 10.6. The average Bonchev–Trinajstić information content (AvgIpc) is 2.91. The van der Waals surface area contributed by atoms with E-state index in [1.54, 1.807) is 0 Å². The highest BCUT2D eigenvalue weighted by atomic mass is 32.2. The standard InChI is InChI=1S/C27H23F6N5O2S/c1-41(39,40)38-13-10-16(11-14-38)24-36-22-15-17(23-21(27(31,32)33)3-2-12-34-23)4-9-20(22)25(37-24)35-19-7-5-18(6-8-19)26(28,29)30/h2-9,12,15-16H,10-11,13-14H2,1H3,(H,35,36,37). The van der Waals surface area contributed by atoms with Crippen molar-refractivity contribution in [1.29, 1.82) is 0 Å². The van der Waals surface area contributed by atoms with E-state index in [9.17, 15) is 34.8 Å². The summed E-state index contributed by atoms with van der Waals surface area (Å²) < 4.78 is 105. The van der Waals surface area contributed by atoms with Crippen molar-refractivity contribution in [2.24, 2.45) is 0 Å². The zero-order valence-electron chi connectivity index (χ0n) is 21.5. The number of hydrogen-bond donors (Lipinski definition) is 1. The highest BCUT2D eigenvalue weighted by Gasteiger charge is 2.35. The molecule has 0 spiro atoms. The van der Waals surface area contributed by atoms with Gasteiger partial charge in [-0.1, -0.05) is 6.07 Å². The predicted octanol–water partition coefficient (Wildman–Crippen LogP) is 6.61. The fraction of sp³-hybridized carbons (Fsp3) is 0.296. The molecule has 5 rings (SSSR count). The maximum atomic E-state index is 13.7. The van der Waals surface area contributed by atoms with Gasteiger partial charge in [-0.25, -0.2) is 22.7 Å². The molecule has 41 heavy (non-hydrogen) atoms. The van der Waals surface area contributed by atoms with E-state index in [1.807, 2.05) is 0 Å². The number of fused-ring (bicyclic) bond motifs is 1. The van der Waals surface area contributed by atoms with Crippen molar-refractivity contribution in [3.63, 3.8) is 0 Å². The van der Waals surface area contributed by atoms with E-state index in [1.165, 1.54) is 46.9 Å². The van der Waals surface area contributed by atoms with Gasteiger partial charge in [0.25, 0.3) is 0 Å². The van der Waals surface area contributed by atoms with Gasteiger partial charge in [-0.2, -0.15) is 26.3 Å². The highest BCUT2D eigenvalue weighted by molar-refractivity contribution is 7.88. The normalized spacial score (nSPS) is 15.8. The van der Waals surface area contributed by atoms with Gasteiger partial charge in [-0.3, -0.25) is 4.98 Å². The van der Waals surface area contributed by atoms with Crippen molar-refractivity contribution in [1.82, 2.24) is 19.3 Å². The van der Waals surface area contributed by atoms with E-state index in [4.69, 9.17) is 0 Å². The van der Waals surface area contributed by atoms with Gasteiger partial charge in [0.2, 0.25) is 10.0 Å². The molecule has 1 N–H and O–H groups in total. The second-order valence-corrected chi connectivity index (χ2v) is 11.7. The van der Waals surface area contributed by atoms with Crippen LogP contribution in [0.25, 0.3) is 22.2 Å². The molecule has 0 unspecified atom stereocenters.